The van der Waals surface area contributed by atoms with Gasteiger partial charge in [0.25, 0.3) is 0 Å². The third-order valence-corrected chi connectivity index (χ3v) is 7.08. The Morgan fingerprint density at radius 2 is 1.56 bits per heavy atom. The summed E-state index contributed by atoms with van der Waals surface area (Å²) in [6.07, 6.45) is 1.25. The van der Waals surface area contributed by atoms with Crippen molar-refractivity contribution < 1.29 is 38.6 Å². The maximum atomic E-state index is 12.8. The Labute approximate surface area is 252 Å². The number of aliphatic hydroxyl groups excluding tert-OH is 1. The van der Waals surface area contributed by atoms with Crippen molar-refractivity contribution in [2.45, 2.75) is 78.6 Å². The van der Waals surface area contributed by atoms with Gasteiger partial charge in [-0.15, -0.1) is 0 Å². The summed E-state index contributed by atoms with van der Waals surface area (Å²) >= 11 is 0. The summed E-state index contributed by atoms with van der Waals surface area (Å²) in [5.74, 6) is -2.57. The first-order chi connectivity index (χ1) is 20.4. The SMILES string of the molecule is CC(CCNC(=O)CCN1C(=O)CCC1=O)OCCC(C)C(=O)NC(C(=O)NCC(=O)Nc1ccc(CO)cc1)C(C)C. The monoisotopic (exact) mass is 603 g/mol. The van der Waals surface area contributed by atoms with Gasteiger partial charge in [-0.2, -0.15) is 0 Å². The molecule has 2 rings (SSSR count). The molecule has 1 aromatic carbocycles. The first-order valence-electron chi connectivity index (χ1n) is 14.7. The van der Waals surface area contributed by atoms with E-state index < -0.39 is 23.8 Å². The van der Waals surface area contributed by atoms with E-state index in [1.165, 1.54) is 0 Å². The highest BCUT2D eigenvalue weighted by molar-refractivity contribution is 6.02. The van der Waals surface area contributed by atoms with Crippen molar-refractivity contribution in [3.05, 3.63) is 29.8 Å². The zero-order chi connectivity index (χ0) is 31.9. The molecule has 0 bridgehead atoms. The second-order valence-corrected chi connectivity index (χ2v) is 11.1. The van der Waals surface area contributed by atoms with E-state index >= 15 is 0 Å². The lowest BCUT2D eigenvalue weighted by Gasteiger charge is -2.24. The maximum absolute atomic E-state index is 12.8. The molecule has 1 heterocycles. The molecule has 1 fully saturated rings. The molecule has 0 radical (unpaired) electrons. The van der Waals surface area contributed by atoms with E-state index in [2.05, 4.69) is 21.3 Å². The number of carbonyl (C=O) groups is 6. The van der Waals surface area contributed by atoms with Crippen LogP contribution in [0.3, 0.4) is 0 Å². The van der Waals surface area contributed by atoms with Crippen molar-refractivity contribution in [1.82, 2.24) is 20.9 Å². The van der Waals surface area contributed by atoms with E-state index in [1.54, 1.807) is 45.0 Å². The number of imide groups is 1. The van der Waals surface area contributed by atoms with Crippen molar-refractivity contribution in [3.8, 4) is 0 Å². The Hall–Kier alpha value is -3.84. The number of rotatable bonds is 18. The van der Waals surface area contributed by atoms with Crippen molar-refractivity contribution in [3.63, 3.8) is 0 Å². The van der Waals surface area contributed by atoms with Crippen LogP contribution in [-0.2, 0) is 40.1 Å². The van der Waals surface area contributed by atoms with Gasteiger partial charge in [0.2, 0.25) is 35.4 Å². The number of ether oxygens (including phenoxy) is 1. The second-order valence-electron chi connectivity index (χ2n) is 11.1. The minimum atomic E-state index is -0.822. The summed E-state index contributed by atoms with van der Waals surface area (Å²) in [4.78, 5) is 74.2. The van der Waals surface area contributed by atoms with Crippen LogP contribution in [0.5, 0.6) is 0 Å². The van der Waals surface area contributed by atoms with Gasteiger partial charge in [0, 0.05) is 50.6 Å². The third-order valence-electron chi connectivity index (χ3n) is 7.08. The number of benzene rings is 1. The molecule has 0 aliphatic carbocycles. The highest BCUT2D eigenvalue weighted by Crippen LogP contribution is 2.12. The minimum absolute atomic E-state index is 0.0580. The van der Waals surface area contributed by atoms with Crippen LogP contribution in [0.25, 0.3) is 0 Å². The van der Waals surface area contributed by atoms with Crippen molar-refractivity contribution >= 4 is 41.1 Å². The molecule has 13 nitrogen and oxygen atoms in total. The quantitative estimate of drug-likeness (QED) is 0.153. The molecular formula is C30H45N5O8. The molecule has 3 unspecified atom stereocenters. The molecule has 13 heteroatoms. The largest absolute Gasteiger partial charge is 0.392 e. The van der Waals surface area contributed by atoms with Gasteiger partial charge in [-0.25, -0.2) is 0 Å². The topological polar surface area (TPSA) is 183 Å². The van der Waals surface area contributed by atoms with Crippen LogP contribution in [0.1, 0.15) is 65.4 Å². The smallest absolute Gasteiger partial charge is 0.243 e. The van der Waals surface area contributed by atoms with Crippen LogP contribution in [0, 0.1) is 11.8 Å². The Kier molecular flexibility index (Phi) is 14.8. The summed E-state index contributed by atoms with van der Waals surface area (Å²) in [5.41, 5.74) is 1.24. The third kappa shape index (κ3) is 12.5. The highest BCUT2D eigenvalue weighted by Gasteiger charge is 2.29. The normalized spacial score (nSPS) is 15.2. The minimum Gasteiger partial charge on any atom is -0.392 e. The average Bonchev–Trinajstić information content (AvgIpc) is 3.29. The molecule has 1 aliphatic rings. The average molecular weight is 604 g/mol. The van der Waals surface area contributed by atoms with Crippen LogP contribution < -0.4 is 21.3 Å². The Balaban J connectivity index is 1.64. The first kappa shape index (κ1) is 35.4. The number of anilines is 1. The molecule has 1 saturated heterocycles. The molecule has 0 saturated carbocycles. The molecule has 43 heavy (non-hydrogen) atoms. The summed E-state index contributed by atoms with van der Waals surface area (Å²) < 4.78 is 5.78. The van der Waals surface area contributed by atoms with Gasteiger partial charge in [-0.05, 0) is 43.4 Å². The van der Waals surface area contributed by atoms with E-state index in [4.69, 9.17) is 9.84 Å². The van der Waals surface area contributed by atoms with Crippen molar-refractivity contribution in [2.24, 2.45) is 11.8 Å². The standard InChI is InChI=1S/C30H45N5O8/c1-19(2)28(30(42)32-17-25(38)33-23-7-5-22(18-36)6-8-23)34-29(41)20(3)13-16-43-21(4)11-14-31-24(37)12-15-35-26(39)9-10-27(35)40/h5-8,19-21,28,36H,9-18H2,1-4H3,(H,31,37)(H,32,42)(H,33,38)(H,34,41). The van der Waals surface area contributed by atoms with Crippen LogP contribution in [0.2, 0.25) is 0 Å². The number of nitrogens with one attached hydrogen (secondary N) is 4. The number of aliphatic hydroxyl groups is 1. The van der Waals surface area contributed by atoms with Gasteiger partial charge in [0.1, 0.15) is 6.04 Å². The van der Waals surface area contributed by atoms with E-state index in [1.807, 2.05) is 6.92 Å². The molecule has 238 valence electrons. The van der Waals surface area contributed by atoms with E-state index in [-0.39, 0.29) is 74.6 Å². The van der Waals surface area contributed by atoms with Gasteiger partial charge >= 0.3 is 0 Å². The fourth-order valence-electron chi connectivity index (χ4n) is 4.26. The number of hydrogen-bond donors (Lipinski definition) is 5. The Bertz CT molecular complexity index is 1110. The lowest BCUT2D eigenvalue weighted by atomic mass is 10.0. The van der Waals surface area contributed by atoms with Crippen molar-refractivity contribution in [2.75, 3.05) is 31.6 Å². The fourth-order valence-corrected chi connectivity index (χ4v) is 4.26. The molecule has 6 amide bonds. The maximum Gasteiger partial charge on any atom is 0.243 e. The van der Waals surface area contributed by atoms with Gasteiger partial charge in [-0.3, -0.25) is 33.7 Å². The summed E-state index contributed by atoms with van der Waals surface area (Å²) in [6.45, 7) is 7.60. The first-order valence-corrected chi connectivity index (χ1v) is 14.7. The number of carbonyl (C=O) groups excluding carboxylic acids is 6. The summed E-state index contributed by atoms with van der Waals surface area (Å²) in [5, 5.41) is 19.9. The molecule has 1 aromatic rings. The number of amides is 6. The zero-order valence-corrected chi connectivity index (χ0v) is 25.4. The van der Waals surface area contributed by atoms with Gasteiger partial charge in [0.05, 0.1) is 19.3 Å². The Morgan fingerprint density at radius 3 is 2.16 bits per heavy atom. The zero-order valence-electron chi connectivity index (χ0n) is 25.4. The van der Waals surface area contributed by atoms with Crippen LogP contribution in [0.4, 0.5) is 5.69 Å². The molecular weight excluding hydrogens is 558 g/mol. The van der Waals surface area contributed by atoms with E-state index in [0.717, 1.165) is 4.90 Å². The lowest BCUT2D eigenvalue weighted by molar-refractivity contribution is -0.138. The fraction of sp³-hybridized carbons (Fsp3) is 0.600. The highest BCUT2D eigenvalue weighted by atomic mass is 16.5. The Morgan fingerprint density at radius 1 is 0.907 bits per heavy atom. The van der Waals surface area contributed by atoms with E-state index in [9.17, 15) is 28.8 Å². The van der Waals surface area contributed by atoms with Crippen LogP contribution in [-0.4, -0.2) is 83.8 Å². The molecule has 0 aromatic heterocycles. The predicted molar refractivity (Wildman–Crippen MR) is 158 cm³/mol. The van der Waals surface area contributed by atoms with Crippen LogP contribution in [0.15, 0.2) is 24.3 Å². The van der Waals surface area contributed by atoms with Gasteiger partial charge in [0.15, 0.2) is 0 Å². The predicted octanol–water partition coefficient (Wildman–Crippen LogP) is 0.851. The number of nitrogens with zero attached hydrogens (tertiary/aromatic N) is 1. The molecule has 0 spiro atoms. The van der Waals surface area contributed by atoms with Gasteiger partial charge in [-0.1, -0.05) is 32.9 Å². The van der Waals surface area contributed by atoms with Crippen molar-refractivity contribution in [1.29, 1.82) is 0 Å². The molecule has 3 atom stereocenters. The number of hydrogen-bond acceptors (Lipinski definition) is 8. The van der Waals surface area contributed by atoms with Gasteiger partial charge < -0.3 is 31.1 Å². The second kappa shape index (κ2) is 18.0. The van der Waals surface area contributed by atoms with E-state index in [0.29, 0.717) is 37.2 Å². The van der Waals surface area contributed by atoms with Crippen LogP contribution >= 0.6 is 0 Å². The summed E-state index contributed by atoms with van der Waals surface area (Å²) in [6, 6.07) is 5.84. The molecule has 5 N–H and O–H groups in total. The summed E-state index contributed by atoms with van der Waals surface area (Å²) in [7, 11) is 0. The lowest BCUT2D eigenvalue weighted by Crippen LogP contribution is -2.52. The number of likely N-dealkylation sites (tertiary alicyclic amines) is 1. The molecule has 1 aliphatic heterocycles.